The zero-order valence-corrected chi connectivity index (χ0v) is 8.24. The molecule has 0 aliphatic heterocycles. The first kappa shape index (κ1) is 7.73. The molecule has 0 saturated carbocycles. The summed E-state index contributed by atoms with van der Waals surface area (Å²) < 4.78 is 2.89. The molecule has 0 bridgehead atoms. The van der Waals surface area contributed by atoms with Crippen molar-refractivity contribution in [3.05, 3.63) is 28.8 Å². The molecule has 0 spiro atoms. The fourth-order valence-electron chi connectivity index (χ4n) is 1.08. The van der Waals surface area contributed by atoms with E-state index in [1.165, 1.54) is 0 Å². The van der Waals surface area contributed by atoms with Crippen LogP contribution in [0.2, 0.25) is 0 Å². The van der Waals surface area contributed by atoms with Crippen molar-refractivity contribution in [3.8, 4) is 0 Å². The molecule has 12 heavy (non-hydrogen) atoms. The molecule has 4 heteroatoms. The predicted octanol–water partition coefficient (Wildman–Crippen LogP) is 2.05. The Hall–Kier alpha value is -0.900. The van der Waals surface area contributed by atoms with Crippen molar-refractivity contribution in [2.45, 2.75) is 13.3 Å². The smallest absolute Gasteiger partial charge is 0.233 e. The standard InChI is InChI=1S/C8H8BrN3/c1-2-7-5-12-4-6(9)3-10-8(12)11-7/h3-5H,2H2,1H3. The lowest BCUT2D eigenvalue weighted by Crippen LogP contribution is -1.85. The van der Waals surface area contributed by atoms with Gasteiger partial charge in [0.15, 0.2) is 0 Å². The number of fused-ring (bicyclic) bond motifs is 1. The minimum absolute atomic E-state index is 0.759. The van der Waals surface area contributed by atoms with Gasteiger partial charge in [0.2, 0.25) is 5.78 Å². The van der Waals surface area contributed by atoms with Crippen LogP contribution in [0.15, 0.2) is 23.1 Å². The highest BCUT2D eigenvalue weighted by Gasteiger charge is 1.99. The van der Waals surface area contributed by atoms with E-state index in [2.05, 4.69) is 32.8 Å². The number of aryl methyl sites for hydroxylation is 1. The summed E-state index contributed by atoms with van der Waals surface area (Å²) in [6, 6.07) is 0. The third-order valence-electron chi connectivity index (χ3n) is 1.69. The number of hydrogen-bond acceptors (Lipinski definition) is 2. The van der Waals surface area contributed by atoms with E-state index in [9.17, 15) is 0 Å². The highest BCUT2D eigenvalue weighted by molar-refractivity contribution is 9.10. The van der Waals surface area contributed by atoms with Gasteiger partial charge in [0, 0.05) is 18.6 Å². The maximum Gasteiger partial charge on any atom is 0.233 e. The largest absolute Gasteiger partial charge is 0.290 e. The van der Waals surface area contributed by atoms with Gasteiger partial charge >= 0.3 is 0 Å². The molecule has 62 valence electrons. The second-order valence-electron chi connectivity index (χ2n) is 2.57. The number of rotatable bonds is 1. The van der Waals surface area contributed by atoms with Crippen molar-refractivity contribution >= 4 is 21.7 Å². The van der Waals surface area contributed by atoms with Crippen LogP contribution in [-0.4, -0.2) is 14.4 Å². The highest BCUT2D eigenvalue weighted by Crippen LogP contribution is 2.09. The summed E-state index contributed by atoms with van der Waals surface area (Å²) in [6.07, 6.45) is 6.64. The van der Waals surface area contributed by atoms with Crippen molar-refractivity contribution in [1.29, 1.82) is 0 Å². The van der Waals surface area contributed by atoms with Crippen molar-refractivity contribution in [2.24, 2.45) is 0 Å². The molecule has 0 aromatic carbocycles. The van der Waals surface area contributed by atoms with Gasteiger partial charge in [-0.2, -0.15) is 0 Å². The van der Waals surface area contributed by atoms with Crippen LogP contribution in [0, 0.1) is 0 Å². The van der Waals surface area contributed by atoms with Gasteiger partial charge in [-0.15, -0.1) is 0 Å². The second kappa shape index (κ2) is 2.86. The van der Waals surface area contributed by atoms with Crippen LogP contribution in [-0.2, 0) is 6.42 Å². The van der Waals surface area contributed by atoms with E-state index in [1.807, 2.05) is 16.8 Å². The Bertz CT molecular complexity index is 408. The molecule has 0 aliphatic rings. The number of halogens is 1. The minimum Gasteiger partial charge on any atom is -0.290 e. The van der Waals surface area contributed by atoms with Crippen molar-refractivity contribution < 1.29 is 0 Å². The Kier molecular flexibility index (Phi) is 1.84. The molecule has 2 heterocycles. The third-order valence-corrected chi connectivity index (χ3v) is 2.10. The van der Waals surface area contributed by atoms with Crippen molar-refractivity contribution in [1.82, 2.24) is 14.4 Å². The predicted molar refractivity (Wildman–Crippen MR) is 50.1 cm³/mol. The van der Waals surface area contributed by atoms with Gasteiger partial charge in [-0.3, -0.25) is 4.40 Å². The van der Waals surface area contributed by atoms with E-state index in [4.69, 9.17) is 0 Å². The monoisotopic (exact) mass is 225 g/mol. The van der Waals surface area contributed by atoms with Gasteiger partial charge in [-0.05, 0) is 22.4 Å². The molecule has 0 fully saturated rings. The molecule has 0 unspecified atom stereocenters. The van der Waals surface area contributed by atoms with Crippen LogP contribution in [0.3, 0.4) is 0 Å². The zero-order valence-electron chi connectivity index (χ0n) is 6.66. The molecular weight excluding hydrogens is 218 g/mol. The lowest BCUT2D eigenvalue weighted by molar-refractivity contribution is 1.07. The Balaban J connectivity index is 2.67. The fourth-order valence-corrected chi connectivity index (χ4v) is 1.40. The average molecular weight is 226 g/mol. The van der Waals surface area contributed by atoms with Gasteiger partial charge in [-0.1, -0.05) is 6.92 Å². The van der Waals surface area contributed by atoms with E-state index in [0.717, 1.165) is 22.4 Å². The van der Waals surface area contributed by atoms with Gasteiger partial charge in [0.1, 0.15) is 0 Å². The number of imidazole rings is 1. The second-order valence-corrected chi connectivity index (χ2v) is 3.48. The Morgan fingerprint density at radius 3 is 3.08 bits per heavy atom. The minimum atomic E-state index is 0.759. The van der Waals surface area contributed by atoms with E-state index >= 15 is 0 Å². The van der Waals surface area contributed by atoms with Crippen molar-refractivity contribution in [2.75, 3.05) is 0 Å². The Morgan fingerprint density at radius 2 is 2.33 bits per heavy atom. The van der Waals surface area contributed by atoms with Gasteiger partial charge < -0.3 is 0 Å². The molecule has 2 aromatic heterocycles. The third kappa shape index (κ3) is 1.22. The molecule has 2 rings (SSSR count). The molecule has 0 radical (unpaired) electrons. The maximum atomic E-state index is 4.30. The average Bonchev–Trinajstić information content (AvgIpc) is 2.46. The van der Waals surface area contributed by atoms with E-state index < -0.39 is 0 Å². The maximum absolute atomic E-state index is 4.30. The van der Waals surface area contributed by atoms with Crippen LogP contribution in [0.4, 0.5) is 0 Å². The van der Waals surface area contributed by atoms with Crippen LogP contribution < -0.4 is 0 Å². The molecule has 0 N–H and O–H groups in total. The summed E-state index contributed by atoms with van der Waals surface area (Å²) in [5.74, 6) is 0.759. The first-order chi connectivity index (χ1) is 5.79. The number of aromatic nitrogens is 3. The summed E-state index contributed by atoms with van der Waals surface area (Å²) in [6.45, 7) is 2.08. The summed E-state index contributed by atoms with van der Waals surface area (Å²) in [5.41, 5.74) is 1.07. The SMILES string of the molecule is CCc1cn2cc(Br)cnc2n1. The fraction of sp³-hybridized carbons (Fsp3) is 0.250. The lowest BCUT2D eigenvalue weighted by atomic mass is 10.4. The normalized spacial score (nSPS) is 10.8. The molecule has 0 atom stereocenters. The zero-order chi connectivity index (χ0) is 8.55. The van der Waals surface area contributed by atoms with Gasteiger partial charge in [-0.25, -0.2) is 9.97 Å². The van der Waals surface area contributed by atoms with E-state index in [1.54, 1.807) is 6.20 Å². The summed E-state index contributed by atoms with van der Waals surface area (Å²) in [5, 5.41) is 0. The quantitative estimate of drug-likeness (QED) is 0.744. The highest BCUT2D eigenvalue weighted by atomic mass is 79.9. The van der Waals surface area contributed by atoms with Crippen LogP contribution in [0.25, 0.3) is 5.78 Å². The summed E-state index contributed by atoms with van der Waals surface area (Å²) in [7, 11) is 0. The molecule has 3 nitrogen and oxygen atoms in total. The van der Waals surface area contributed by atoms with Gasteiger partial charge in [0.05, 0.1) is 10.2 Å². The Labute approximate surface area is 78.6 Å². The molecule has 0 saturated heterocycles. The van der Waals surface area contributed by atoms with Crippen LogP contribution in [0.1, 0.15) is 12.6 Å². The van der Waals surface area contributed by atoms with Crippen LogP contribution >= 0.6 is 15.9 Å². The van der Waals surface area contributed by atoms with E-state index in [0.29, 0.717) is 0 Å². The Morgan fingerprint density at radius 1 is 1.50 bits per heavy atom. The molecule has 2 aromatic rings. The first-order valence-electron chi connectivity index (χ1n) is 3.78. The number of hydrogen-bond donors (Lipinski definition) is 0. The summed E-state index contributed by atoms with van der Waals surface area (Å²) in [4.78, 5) is 8.46. The topological polar surface area (TPSA) is 30.2 Å². The summed E-state index contributed by atoms with van der Waals surface area (Å²) >= 11 is 3.35. The first-order valence-corrected chi connectivity index (χ1v) is 4.58. The van der Waals surface area contributed by atoms with Crippen LogP contribution in [0.5, 0.6) is 0 Å². The van der Waals surface area contributed by atoms with Gasteiger partial charge in [0.25, 0.3) is 0 Å². The number of nitrogens with zero attached hydrogens (tertiary/aromatic N) is 3. The van der Waals surface area contributed by atoms with Crippen molar-refractivity contribution in [3.63, 3.8) is 0 Å². The molecule has 0 aliphatic carbocycles. The molecular formula is C8H8BrN3. The van der Waals surface area contributed by atoms with E-state index in [-0.39, 0.29) is 0 Å². The molecule has 0 amide bonds. The lowest BCUT2D eigenvalue weighted by Gasteiger charge is -1.90.